The zero-order chi connectivity index (χ0) is 17.7. The topological polar surface area (TPSA) is 115 Å². The highest BCUT2D eigenvalue weighted by atomic mass is 32.1. The van der Waals surface area contributed by atoms with Crippen molar-refractivity contribution in [3.63, 3.8) is 0 Å². The highest BCUT2D eigenvalue weighted by molar-refractivity contribution is 7.18. The average Bonchev–Trinajstić information content (AvgIpc) is 3.01. The molecule has 0 radical (unpaired) electrons. The van der Waals surface area contributed by atoms with E-state index < -0.39 is 23.4 Å². The van der Waals surface area contributed by atoms with Crippen LogP contribution in [-0.4, -0.2) is 42.5 Å². The number of thiazole rings is 1. The highest BCUT2D eigenvalue weighted by Gasteiger charge is 2.15. The summed E-state index contributed by atoms with van der Waals surface area (Å²) in [6.07, 6.45) is 1.04. The number of amides is 1. The van der Waals surface area contributed by atoms with Crippen molar-refractivity contribution in [2.45, 2.75) is 0 Å². The van der Waals surface area contributed by atoms with Crippen LogP contribution in [0.25, 0.3) is 0 Å². The summed E-state index contributed by atoms with van der Waals surface area (Å²) in [6.45, 7) is -0.515. The maximum atomic E-state index is 11.9. The van der Waals surface area contributed by atoms with Crippen molar-refractivity contribution in [3.05, 3.63) is 46.1 Å². The van der Waals surface area contributed by atoms with Crippen molar-refractivity contribution in [3.8, 4) is 0 Å². The van der Waals surface area contributed by atoms with Gasteiger partial charge in [-0.05, 0) is 29.5 Å². The van der Waals surface area contributed by atoms with E-state index >= 15 is 0 Å². The number of nitro groups is 1. The Balaban J connectivity index is 1.90. The van der Waals surface area contributed by atoms with E-state index in [4.69, 9.17) is 4.74 Å². The van der Waals surface area contributed by atoms with Gasteiger partial charge in [0, 0.05) is 19.8 Å². The van der Waals surface area contributed by atoms with Crippen LogP contribution in [0.5, 0.6) is 0 Å². The summed E-state index contributed by atoms with van der Waals surface area (Å²) in [7, 11) is 3.68. The molecule has 2 rings (SSSR count). The smallest absolute Gasteiger partial charge is 0.345 e. The van der Waals surface area contributed by atoms with E-state index in [1.807, 2.05) is 25.1 Å². The third kappa shape index (κ3) is 4.49. The highest BCUT2D eigenvalue weighted by Crippen LogP contribution is 2.24. The lowest BCUT2D eigenvalue weighted by Gasteiger charge is -2.13. The van der Waals surface area contributed by atoms with Crippen molar-refractivity contribution < 1.29 is 19.2 Å². The lowest BCUT2D eigenvalue weighted by atomic mass is 10.2. The van der Waals surface area contributed by atoms with Gasteiger partial charge in [0.15, 0.2) is 11.7 Å². The molecular weight excluding hydrogens is 336 g/mol. The number of rotatable bonds is 6. The maximum absolute atomic E-state index is 11.9. The largest absolute Gasteiger partial charge is 0.452 e. The number of nitrogens with zero attached hydrogens (tertiary/aromatic N) is 3. The van der Waals surface area contributed by atoms with Gasteiger partial charge in [0.05, 0.1) is 10.5 Å². The van der Waals surface area contributed by atoms with E-state index in [0.29, 0.717) is 16.9 Å². The van der Waals surface area contributed by atoms with Crippen LogP contribution in [0.15, 0.2) is 30.5 Å². The minimum absolute atomic E-state index is 0.0670. The van der Waals surface area contributed by atoms with E-state index in [1.54, 1.807) is 18.2 Å². The molecule has 0 bridgehead atoms. The molecule has 1 amide bonds. The molecular formula is C14H14N4O5S. The first kappa shape index (κ1) is 17.3. The summed E-state index contributed by atoms with van der Waals surface area (Å²) in [4.78, 5) is 39.1. The number of hydrogen-bond acceptors (Lipinski definition) is 8. The van der Waals surface area contributed by atoms with Gasteiger partial charge in [-0.3, -0.25) is 20.2 Å². The predicted molar refractivity (Wildman–Crippen MR) is 88.4 cm³/mol. The van der Waals surface area contributed by atoms with Crippen LogP contribution in [0, 0.1) is 10.1 Å². The van der Waals surface area contributed by atoms with Crippen molar-refractivity contribution in [2.75, 3.05) is 30.9 Å². The van der Waals surface area contributed by atoms with Crippen LogP contribution in [0.2, 0.25) is 0 Å². The van der Waals surface area contributed by atoms with E-state index in [0.717, 1.165) is 11.9 Å². The molecule has 0 spiro atoms. The van der Waals surface area contributed by atoms with Crippen LogP contribution >= 0.6 is 11.3 Å². The van der Waals surface area contributed by atoms with Crippen molar-refractivity contribution in [1.82, 2.24) is 4.98 Å². The van der Waals surface area contributed by atoms with Gasteiger partial charge in [0.25, 0.3) is 5.91 Å². The van der Waals surface area contributed by atoms with E-state index in [9.17, 15) is 19.7 Å². The molecule has 0 unspecified atom stereocenters. The second kappa shape index (κ2) is 7.51. The fraction of sp³-hybridized carbons (Fsp3) is 0.214. The molecule has 24 heavy (non-hydrogen) atoms. The Labute approximate surface area is 141 Å². The number of benzene rings is 1. The number of esters is 1. The zero-order valence-corrected chi connectivity index (χ0v) is 13.7. The molecule has 0 saturated heterocycles. The molecule has 9 nitrogen and oxygen atoms in total. The first-order valence-corrected chi connectivity index (χ1v) is 7.53. The SMILES string of the molecule is CN(C)c1cccc(C(=O)OCC(=O)Nc2ncc([N+](=O)[O-])s2)c1. The summed E-state index contributed by atoms with van der Waals surface area (Å²) >= 11 is 0.717. The summed E-state index contributed by atoms with van der Waals surface area (Å²) in [6, 6.07) is 6.77. The van der Waals surface area contributed by atoms with Gasteiger partial charge >= 0.3 is 11.0 Å². The summed E-state index contributed by atoms with van der Waals surface area (Å²) in [5.41, 5.74) is 1.14. The molecule has 0 aliphatic heterocycles. The Morgan fingerprint density at radius 3 is 2.79 bits per heavy atom. The molecule has 1 heterocycles. The zero-order valence-electron chi connectivity index (χ0n) is 12.9. The second-order valence-electron chi connectivity index (χ2n) is 4.83. The van der Waals surface area contributed by atoms with Crippen molar-refractivity contribution in [2.24, 2.45) is 0 Å². The molecule has 0 aliphatic carbocycles. The first-order valence-electron chi connectivity index (χ1n) is 6.71. The molecule has 0 fully saturated rings. The molecule has 126 valence electrons. The Kier molecular flexibility index (Phi) is 5.42. The first-order chi connectivity index (χ1) is 11.4. The molecule has 0 aliphatic rings. The summed E-state index contributed by atoms with van der Waals surface area (Å²) in [5, 5.41) is 12.7. The van der Waals surface area contributed by atoms with Gasteiger partial charge in [-0.2, -0.15) is 0 Å². The fourth-order valence-electron chi connectivity index (χ4n) is 1.69. The second-order valence-corrected chi connectivity index (χ2v) is 5.84. The Morgan fingerprint density at radius 1 is 1.42 bits per heavy atom. The number of aromatic nitrogens is 1. The van der Waals surface area contributed by atoms with Crippen LogP contribution in [-0.2, 0) is 9.53 Å². The van der Waals surface area contributed by atoms with E-state index in [1.165, 1.54) is 0 Å². The number of hydrogen-bond donors (Lipinski definition) is 1. The molecule has 1 aromatic carbocycles. The van der Waals surface area contributed by atoms with Crippen LogP contribution < -0.4 is 10.2 Å². The third-order valence-corrected chi connectivity index (χ3v) is 3.72. The number of carbonyl (C=O) groups is 2. The molecule has 0 saturated carbocycles. The predicted octanol–water partition coefficient (Wildman–Crippen LogP) is 1.91. The van der Waals surface area contributed by atoms with Crippen LogP contribution in [0.3, 0.4) is 0 Å². The third-order valence-electron chi connectivity index (χ3n) is 2.85. The minimum Gasteiger partial charge on any atom is -0.452 e. The standard InChI is InChI=1S/C14H14N4O5S/c1-17(2)10-5-3-4-9(6-10)13(20)23-8-11(19)16-14-15-7-12(24-14)18(21)22/h3-7H,8H2,1-2H3,(H,15,16,19). The van der Waals surface area contributed by atoms with Gasteiger partial charge in [-0.15, -0.1) is 0 Å². The number of nitrogens with one attached hydrogen (secondary N) is 1. The maximum Gasteiger partial charge on any atom is 0.345 e. The fourth-order valence-corrected chi connectivity index (χ4v) is 2.34. The summed E-state index contributed by atoms with van der Waals surface area (Å²) < 4.78 is 4.92. The molecule has 2 aromatic rings. The number of carbonyl (C=O) groups excluding carboxylic acids is 2. The molecule has 1 N–H and O–H groups in total. The number of ether oxygens (including phenoxy) is 1. The van der Waals surface area contributed by atoms with Gasteiger partial charge in [0.2, 0.25) is 0 Å². The Morgan fingerprint density at radius 2 is 2.17 bits per heavy atom. The van der Waals surface area contributed by atoms with Gasteiger partial charge < -0.3 is 9.64 Å². The Hall–Kier alpha value is -3.01. The van der Waals surface area contributed by atoms with Gasteiger partial charge in [-0.1, -0.05) is 6.07 Å². The number of anilines is 2. The summed E-state index contributed by atoms with van der Waals surface area (Å²) in [5.74, 6) is -1.27. The van der Waals surface area contributed by atoms with E-state index in [-0.39, 0.29) is 10.1 Å². The van der Waals surface area contributed by atoms with Crippen molar-refractivity contribution >= 4 is 39.0 Å². The van der Waals surface area contributed by atoms with E-state index in [2.05, 4.69) is 10.3 Å². The molecule has 10 heteroatoms. The lowest BCUT2D eigenvalue weighted by Crippen LogP contribution is -2.21. The van der Waals surface area contributed by atoms with Crippen LogP contribution in [0.4, 0.5) is 15.8 Å². The van der Waals surface area contributed by atoms with Gasteiger partial charge in [0.1, 0.15) is 6.20 Å². The van der Waals surface area contributed by atoms with Crippen molar-refractivity contribution in [1.29, 1.82) is 0 Å². The average molecular weight is 350 g/mol. The molecule has 1 aromatic heterocycles. The lowest BCUT2D eigenvalue weighted by molar-refractivity contribution is -0.380. The van der Waals surface area contributed by atoms with Crippen LogP contribution in [0.1, 0.15) is 10.4 Å². The monoisotopic (exact) mass is 350 g/mol. The quantitative estimate of drug-likeness (QED) is 0.481. The van der Waals surface area contributed by atoms with Gasteiger partial charge in [-0.25, -0.2) is 9.78 Å². The Bertz CT molecular complexity index is 774. The minimum atomic E-state index is -0.640. The normalized spacial score (nSPS) is 10.1. The molecule has 0 atom stereocenters.